The molecule has 1 N–H and O–H groups in total. The number of rotatable bonds is 5. The van der Waals surface area contributed by atoms with Crippen LogP contribution in [0.25, 0.3) is 0 Å². The maximum absolute atomic E-state index is 11.5. The maximum Gasteiger partial charge on any atom is 0.250 e. The van der Waals surface area contributed by atoms with E-state index in [-0.39, 0.29) is 5.56 Å². The van der Waals surface area contributed by atoms with Gasteiger partial charge in [-0.2, -0.15) is 0 Å². The van der Waals surface area contributed by atoms with E-state index in [9.17, 15) is 4.79 Å². The first-order chi connectivity index (χ1) is 8.75. The van der Waals surface area contributed by atoms with Crippen LogP contribution in [0.1, 0.15) is 11.1 Å². The molecule has 0 unspecified atom stereocenters. The molecule has 0 bridgehead atoms. The molecule has 0 spiro atoms. The van der Waals surface area contributed by atoms with Crippen molar-refractivity contribution < 1.29 is 0 Å². The fourth-order valence-electron chi connectivity index (χ4n) is 1.78. The van der Waals surface area contributed by atoms with Crippen molar-refractivity contribution in [3.63, 3.8) is 0 Å². The minimum absolute atomic E-state index is 0.0506. The molecule has 3 nitrogen and oxygen atoms in total. The summed E-state index contributed by atoms with van der Waals surface area (Å²) in [6.07, 6.45) is 1.82. The third-order valence-electron chi connectivity index (χ3n) is 2.88. The third kappa shape index (κ3) is 3.57. The molecule has 0 fully saturated rings. The van der Waals surface area contributed by atoms with Gasteiger partial charge in [0.15, 0.2) is 0 Å². The summed E-state index contributed by atoms with van der Waals surface area (Å²) in [4.78, 5) is 11.5. The van der Waals surface area contributed by atoms with E-state index in [0.717, 1.165) is 13.1 Å². The Balaban J connectivity index is 1.78. The van der Waals surface area contributed by atoms with Crippen LogP contribution >= 0.6 is 0 Å². The van der Waals surface area contributed by atoms with Crippen LogP contribution in [0.2, 0.25) is 0 Å². The Bertz CT molecular complexity index is 543. The lowest BCUT2D eigenvalue weighted by atomic mass is 10.1. The molecule has 1 heterocycles. The zero-order valence-electron chi connectivity index (χ0n) is 10.6. The van der Waals surface area contributed by atoms with Crippen molar-refractivity contribution in [2.45, 2.75) is 20.0 Å². The molecular weight excluding hydrogens is 224 g/mol. The number of hydrogen-bond acceptors (Lipinski definition) is 2. The lowest BCUT2D eigenvalue weighted by Crippen LogP contribution is -2.25. The fraction of sp³-hybridized carbons (Fsp3) is 0.267. The normalized spacial score (nSPS) is 10.5. The second-order valence-corrected chi connectivity index (χ2v) is 4.39. The predicted molar refractivity (Wildman–Crippen MR) is 73.6 cm³/mol. The zero-order valence-corrected chi connectivity index (χ0v) is 10.6. The van der Waals surface area contributed by atoms with Gasteiger partial charge < -0.3 is 9.88 Å². The maximum atomic E-state index is 11.5. The summed E-state index contributed by atoms with van der Waals surface area (Å²) in [5.41, 5.74) is 2.59. The molecule has 2 rings (SSSR count). The highest BCUT2D eigenvalue weighted by Gasteiger charge is 1.94. The number of benzene rings is 1. The first-order valence-electron chi connectivity index (χ1n) is 6.17. The van der Waals surface area contributed by atoms with E-state index in [1.54, 1.807) is 16.7 Å². The van der Waals surface area contributed by atoms with E-state index in [0.29, 0.717) is 6.54 Å². The molecule has 2 aromatic rings. The summed E-state index contributed by atoms with van der Waals surface area (Å²) < 4.78 is 1.71. The topological polar surface area (TPSA) is 34.0 Å². The van der Waals surface area contributed by atoms with Crippen LogP contribution < -0.4 is 10.9 Å². The first-order valence-corrected chi connectivity index (χ1v) is 6.17. The van der Waals surface area contributed by atoms with Crippen molar-refractivity contribution in [1.29, 1.82) is 0 Å². The monoisotopic (exact) mass is 242 g/mol. The van der Waals surface area contributed by atoms with Crippen molar-refractivity contribution in [3.05, 3.63) is 70.1 Å². The van der Waals surface area contributed by atoms with Gasteiger partial charge in [0.2, 0.25) is 0 Å². The second-order valence-electron chi connectivity index (χ2n) is 4.39. The van der Waals surface area contributed by atoms with E-state index in [1.807, 2.05) is 12.3 Å². The van der Waals surface area contributed by atoms with Crippen LogP contribution in [0.5, 0.6) is 0 Å². The average molecular weight is 242 g/mol. The highest BCUT2D eigenvalue weighted by Crippen LogP contribution is 2.02. The number of hydrogen-bond donors (Lipinski definition) is 1. The van der Waals surface area contributed by atoms with Gasteiger partial charge in [0.25, 0.3) is 5.56 Å². The molecule has 0 saturated heterocycles. The fourth-order valence-corrected chi connectivity index (χ4v) is 1.78. The molecule has 0 radical (unpaired) electrons. The molecule has 3 heteroatoms. The summed E-state index contributed by atoms with van der Waals surface area (Å²) >= 11 is 0. The Hall–Kier alpha value is -1.87. The quantitative estimate of drug-likeness (QED) is 0.813. The van der Waals surface area contributed by atoms with Crippen molar-refractivity contribution in [2.24, 2.45) is 0 Å². The molecule has 0 aliphatic rings. The number of nitrogens with zero attached hydrogens (tertiary/aromatic N) is 1. The number of aryl methyl sites for hydroxylation is 1. The van der Waals surface area contributed by atoms with Crippen LogP contribution in [0.15, 0.2) is 53.5 Å². The molecule has 18 heavy (non-hydrogen) atoms. The van der Waals surface area contributed by atoms with E-state index in [4.69, 9.17) is 0 Å². The number of aromatic nitrogens is 1. The highest BCUT2D eigenvalue weighted by atomic mass is 16.1. The van der Waals surface area contributed by atoms with Crippen molar-refractivity contribution in [2.75, 3.05) is 6.54 Å². The largest absolute Gasteiger partial charge is 0.314 e. The van der Waals surface area contributed by atoms with E-state index in [1.165, 1.54) is 11.1 Å². The number of nitrogens with one attached hydrogen (secondary N) is 1. The molecular formula is C15H18N2O. The third-order valence-corrected chi connectivity index (χ3v) is 2.88. The van der Waals surface area contributed by atoms with Gasteiger partial charge in [-0.3, -0.25) is 4.79 Å². The molecule has 0 amide bonds. The van der Waals surface area contributed by atoms with Gasteiger partial charge >= 0.3 is 0 Å². The molecule has 1 aromatic heterocycles. The van der Waals surface area contributed by atoms with Gasteiger partial charge in [0, 0.05) is 31.9 Å². The van der Waals surface area contributed by atoms with Gasteiger partial charge in [-0.05, 0) is 18.6 Å². The Labute approximate surface area is 107 Å². The second kappa shape index (κ2) is 6.17. The van der Waals surface area contributed by atoms with Gasteiger partial charge in [0.05, 0.1) is 0 Å². The Morgan fingerprint density at radius 1 is 1.11 bits per heavy atom. The minimum atomic E-state index is 0.0506. The number of pyridine rings is 1. The smallest absolute Gasteiger partial charge is 0.250 e. The molecule has 0 saturated carbocycles. The molecule has 0 atom stereocenters. The zero-order chi connectivity index (χ0) is 12.8. The van der Waals surface area contributed by atoms with E-state index >= 15 is 0 Å². The van der Waals surface area contributed by atoms with Gasteiger partial charge in [-0.25, -0.2) is 0 Å². The summed E-state index contributed by atoms with van der Waals surface area (Å²) in [7, 11) is 0. The average Bonchev–Trinajstić information content (AvgIpc) is 2.39. The van der Waals surface area contributed by atoms with Crippen molar-refractivity contribution >= 4 is 0 Å². The van der Waals surface area contributed by atoms with Gasteiger partial charge in [0.1, 0.15) is 0 Å². The van der Waals surface area contributed by atoms with Crippen LogP contribution in [-0.2, 0) is 13.1 Å². The summed E-state index contributed by atoms with van der Waals surface area (Å²) in [6, 6.07) is 13.7. The van der Waals surface area contributed by atoms with Crippen LogP contribution in [0.3, 0.4) is 0 Å². The van der Waals surface area contributed by atoms with Gasteiger partial charge in [-0.15, -0.1) is 0 Å². The van der Waals surface area contributed by atoms with Crippen LogP contribution in [0.4, 0.5) is 0 Å². The van der Waals surface area contributed by atoms with Crippen molar-refractivity contribution in [3.8, 4) is 0 Å². The van der Waals surface area contributed by atoms with Crippen LogP contribution in [-0.4, -0.2) is 11.1 Å². The van der Waals surface area contributed by atoms with E-state index < -0.39 is 0 Å². The molecule has 1 aromatic carbocycles. The molecule has 0 aliphatic carbocycles. The minimum Gasteiger partial charge on any atom is -0.314 e. The Morgan fingerprint density at radius 3 is 2.61 bits per heavy atom. The lowest BCUT2D eigenvalue weighted by molar-refractivity contribution is 0.585. The van der Waals surface area contributed by atoms with Gasteiger partial charge in [-0.1, -0.05) is 35.9 Å². The predicted octanol–water partition coefficient (Wildman–Crippen LogP) is 1.95. The highest BCUT2D eigenvalue weighted by molar-refractivity contribution is 5.20. The first kappa shape index (κ1) is 12.6. The molecule has 94 valence electrons. The summed E-state index contributed by atoms with van der Waals surface area (Å²) in [6.45, 7) is 4.41. The summed E-state index contributed by atoms with van der Waals surface area (Å²) in [5, 5.41) is 3.34. The van der Waals surface area contributed by atoms with Crippen molar-refractivity contribution in [1.82, 2.24) is 9.88 Å². The standard InChI is InChI=1S/C15H18N2O/c1-13-5-7-14(8-6-13)12-16-9-11-17-10-3-2-4-15(17)18/h2-8,10,16H,9,11-12H2,1H3. The Kier molecular flexibility index (Phi) is 4.31. The Morgan fingerprint density at radius 2 is 1.89 bits per heavy atom. The summed E-state index contributed by atoms with van der Waals surface area (Å²) in [5.74, 6) is 0. The van der Waals surface area contributed by atoms with Crippen LogP contribution in [0, 0.1) is 6.92 Å². The lowest BCUT2D eigenvalue weighted by Gasteiger charge is -2.07. The SMILES string of the molecule is Cc1ccc(CNCCn2ccccc2=O)cc1. The van der Waals surface area contributed by atoms with E-state index in [2.05, 4.69) is 36.5 Å². The molecule has 0 aliphatic heterocycles.